The molecular weight excluding hydrogens is 180 g/mol. The van der Waals surface area contributed by atoms with Crippen LogP contribution in [0, 0.1) is 0 Å². The molecule has 0 radical (unpaired) electrons. The second-order valence-corrected chi connectivity index (χ2v) is 3.78. The summed E-state index contributed by atoms with van der Waals surface area (Å²) in [7, 11) is -4.17. The lowest BCUT2D eigenvalue weighted by Gasteiger charge is -1.90. The molecule has 0 spiro atoms. The molecule has 0 atom stereocenters. The highest BCUT2D eigenvalue weighted by atomic mass is 32.2. The lowest BCUT2D eigenvalue weighted by atomic mass is 10.3. The van der Waals surface area contributed by atoms with Gasteiger partial charge in [-0.2, -0.15) is 8.42 Å². The number of aromatic nitrogens is 2. The van der Waals surface area contributed by atoms with E-state index in [1.54, 1.807) is 0 Å². The van der Waals surface area contributed by atoms with Crippen molar-refractivity contribution < 1.29 is 13.0 Å². The summed E-state index contributed by atoms with van der Waals surface area (Å²) in [5.41, 5.74) is 0.713. The Hall–Kier alpha value is -0.880. The predicted octanol–water partition coefficient (Wildman–Crippen LogP) is 0.609. The van der Waals surface area contributed by atoms with Crippen LogP contribution in [0.1, 0.15) is 19.0 Å². The van der Waals surface area contributed by atoms with Gasteiger partial charge < -0.3 is 4.98 Å². The van der Waals surface area contributed by atoms with Gasteiger partial charge in [0.1, 0.15) is 0 Å². The van der Waals surface area contributed by atoms with E-state index in [9.17, 15) is 8.42 Å². The topological polar surface area (TPSA) is 83.1 Å². The lowest BCUT2D eigenvalue weighted by molar-refractivity contribution is 0.475. The first-order valence-electron chi connectivity index (χ1n) is 3.55. The van der Waals surface area contributed by atoms with Gasteiger partial charge in [0.2, 0.25) is 0 Å². The van der Waals surface area contributed by atoms with E-state index in [-0.39, 0.29) is 5.16 Å². The van der Waals surface area contributed by atoms with Gasteiger partial charge in [-0.05, 0) is 6.42 Å². The maximum atomic E-state index is 10.5. The molecule has 0 aromatic carbocycles. The Bertz CT molecular complexity index is 355. The van der Waals surface area contributed by atoms with Crippen molar-refractivity contribution in [3.8, 4) is 0 Å². The average molecular weight is 190 g/mol. The molecule has 0 aliphatic carbocycles. The molecule has 0 saturated heterocycles. The molecule has 0 aliphatic heterocycles. The first-order chi connectivity index (χ1) is 5.54. The number of nitrogens with zero attached hydrogens (tertiary/aromatic N) is 1. The van der Waals surface area contributed by atoms with Crippen molar-refractivity contribution in [2.45, 2.75) is 24.9 Å². The minimum atomic E-state index is -4.17. The van der Waals surface area contributed by atoms with Gasteiger partial charge in [-0.3, -0.25) is 4.55 Å². The molecule has 1 aromatic heterocycles. The third kappa shape index (κ3) is 2.05. The summed E-state index contributed by atoms with van der Waals surface area (Å²) >= 11 is 0. The first kappa shape index (κ1) is 9.21. The van der Waals surface area contributed by atoms with Crippen LogP contribution in [0.4, 0.5) is 0 Å². The van der Waals surface area contributed by atoms with E-state index in [1.807, 2.05) is 6.92 Å². The van der Waals surface area contributed by atoms with E-state index in [1.165, 1.54) is 6.20 Å². The molecule has 1 aromatic rings. The van der Waals surface area contributed by atoms with Gasteiger partial charge in [0, 0.05) is 11.9 Å². The fourth-order valence-electron chi connectivity index (χ4n) is 0.866. The Kier molecular flexibility index (Phi) is 2.49. The summed E-state index contributed by atoms with van der Waals surface area (Å²) in [6, 6.07) is 0. The Balaban J connectivity index is 2.92. The van der Waals surface area contributed by atoms with Crippen LogP contribution >= 0.6 is 0 Å². The normalized spacial score (nSPS) is 11.8. The predicted molar refractivity (Wildman–Crippen MR) is 42.4 cm³/mol. The highest BCUT2D eigenvalue weighted by Crippen LogP contribution is 2.04. The Morgan fingerprint density at radius 2 is 2.33 bits per heavy atom. The zero-order valence-electron chi connectivity index (χ0n) is 6.61. The van der Waals surface area contributed by atoms with Crippen molar-refractivity contribution in [3.63, 3.8) is 0 Å². The van der Waals surface area contributed by atoms with Crippen LogP contribution in [0.5, 0.6) is 0 Å². The summed E-state index contributed by atoms with van der Waals surface area (Å²) in [5, 5.41) is -0.383. The molecule has 12 heavy (non-hydrogen) atoms. The smallest absolute Gasteiger partial charge is 0.328 e. The second-order valence-electron chi connectivity index (χ2n) is 2.44. The molecule has 2 N–H and O–H groups in total. The standard InChI is InChI=1S/C6H10N2O3S/c1-2-3-5-4-7-6(8-5)12(9,10)11/h4H,2-3H2,1H3,(H,7,8)(H,9,10,11). The van der Waals surface area contributed by atoms with Crippen molar-refractivity contribution in [1.29, 1.82) is 0 Å². The maximum absolute atomic E-state index is 10.5. The number of imidazole rings is 1. The maximum Gasteiger partial charge on any atom is 0.328 e. The SMILES string of the molecule is CCCc1cnc(S(=O)(=O)O)[nH]1. The van der Waals surface area contributed by atoms with Crippen LogP contribution in [0.3, 0.4) is 0 Å². The fraction of sp³-hybridized carbons (Fsp3) is 0.500. The van der Waals surface area contributed by atoms with Crippen LogP contribution in [0.25, 0.3) is 0 Å². The zero-order chi connectivity index (χ0) is 9.19. The third-order valence-electron chi connectivity index (χ3n) is 1.37. The Morgan fingerprint density at radius 3 is 2.75 bits per heavy atom. The van der Waals surface area contributed by atoms with Gasteiger partial charge in [-0.1, -0.05) is 13.3 Å². The average Bonchev–Trinajstić information content (AvgIpc) is 2.35. The molecule has 0 bridgehead atoms. The quantitative estimate of drug-likeness (QED) is 0.684. The highest BCUT2D eigenvalue weighted by molar-refractivity contribution is 7.85. The summed E-state index contributed by atoms with van der Waals surface area (Å²) in [4.78, 5) is 6.02. The molecular formula is C6H10N2O3S. The van der Waals surface area contributed by atoms with Crippen molar-refractivity contribution in [3.05, 3.63) is 11.9 Å². The largest absolute Gasteiger partial charge is 0.331 e. The van der Waals surface area contributed by atoms with Crippen molar-refractivity contribution in [2.24, 2.45) is 0 Å². The molecule has 1 rings (SSSR count). The Labute approximate surface area is 70.6 Å². The molecule has 0 fully saturated rings. The van der Waals surface area contributed by atoms with E-state index in [0.717, 1.165) is 12.8 Å². The molecule has 6 heteroatoms. The van der Waals surface area contributed by atoms with Gasteiger partial charge in [-0.15, -0.1) is 0 Å². The molecule has 0 amide bonds. The van der Waals surface area contributed by atoms with Crippen molar-refractivity contribution in [1.82, 2.24) is 9.97 Å². The number of rotatable bonds is 3. The monoisotopic (exact) mass is 190 g/mol. The minimum Gasteiger partial charge on any atom is -0.331 e. The molecule has 1 heterocycles. The van der Waals surface area contributed by atoms with Crippen LogP contribution in [-0.4, -0.2) is 22.9 Å². The third-order valence-corrected chi connectivity index (χ3v) is 2.06. The number of H-pyrrole nitrogens is 1. The van der Waals surface area contributed by atoms with Gasteiger partial charge in [0.25, 0.3) is 5.16 Å². The summed E-state index contributed by atoms with van der Waals surface area (Å²) in [6.45, 7) is 1.97. The van der Waals surface area contributed by atoms with Crippen LogP contribution in [-0.2, 0) is 16.5 Å². The molecule has 5 nitrogen and oxygen atoms in total. The van der Waals surface area contributed by atoms with E-state index < -0.39 is 10.1 Å². The van der Waals surface area contributed by atoms with Crippen LogP contribution < -0.4 is 0 Å². The van der Waals surface area contributed by atoms with Gasteiger partial charge in [-0.25, -0.2) is 4.98 Å². The molecule has 0 saturated carbocycles. The van der Waals surface area contributed by atoms with E-state index in [0.29, 0.717) is 5.69 Å². The van der Waals surface area contributed by atoms with Gasteiger partial charge in [0.15, 0.2) is 0 Å². The second kappa shape index (κ2) is 3.24. The van der Waals surface area contributed by atoms with Crippen LogP contribution in [0.2, 0.25) is 0 Å². The van der Waals surface area contributed by atoms with E-state index >= 15 is 0 Å². The fourth-order valence-corrected chi connectivity index (χ4v) is 1.31. The Morgan fingerprint density at radius 1 is 1.67 bits per heavy atom. The molecule has 0 unspecified atom stereocenters. The number of aromatic amines is 1. The first-order valence-corrected chi connectivity index (χ1v) is 4.99. The highest BCUT2D eigenvalue weighted by Gasteiger charge is 2.13. The van der Waals surface area contributed by atoms with Gasteiger partial charge >= 0.3 is 10.1 Å². The zero-order valence-corrected chi connectivity index (χ0v) is 7.43. The van der Waals surface area contributed by atoms with Crippen molar-refractivity contribution >= 4 is 10.1 Å². The van der Waals surface area contributed by atoms with E-state index in [2.05, 4.69) is 9.97 Å². The van der Waals surface area contributed by atoms with Crippen LogP contribution in [0.15, 0.2) is 11.4 Å². The number of hydrogen-bond donors (Lipinski definition) is 2. The molecule has 68 valence electrons. The lowest BCUT2D eigenvalue weighted by Crippen LogP contribution is -2.00. The minimum absolute atomic E-state index is 0.383. The van der Waals surface area contributed by atoms with Crippen molar-refractivity contribution in [2.75, 3.05) is 0 Å². The number of nitrogens with one attached hydrogen (secondary N) is 1. The molecule has 0 aliphatic rings. The van der Waals surface area contributed by atoms with E-state index in [4.69, 9.17) is 4.55 Å². The number of hydrogen-bond acceptors (Lipinski definition) is 3. The number of aryl methyl sites for hydroxylation is 1. The summed E-state index contributed by atoms with van der Waals surface area (Å²) < 4.78 is 29.6. The van der Waals surface area contributed by atoms with Gasteiger partial charge in [0.05, 0.1) is 0 Å². The summed E-state index contributed by atoms with van der Waals surface area (Å²) in [5.74, 6) is 0. The summed E-state index contributed by atoms with van der Waals surface area (Å²) in [6.07, 6.45) is 3.03.